The van der Waals surface area contributed by atoms with Gasteiger partial charge in [-0.2, -0.15) is 0 Å². The lowest BCUT2D eigenvalue weighted by Crippen LogP contribution is -2.53. The normalized spacial score (nSPS) is 24.9. The number of carbonyl (C=O) groups excluding carboxylic acids is 2. The lowest BCUT2D eigenvalue weighted by Gasteiger charge is -2.38. The zero-order valence-electron chi connectivity index (χ0n) is 12.7. The van der Waals surface area contributed by atoms with E-state index in [-0.39, 0.29) is 23.7 Å². The molecule has 0 aromatic carbocycles. The van der Waals surface area contributed by atoms with Crippen molar-refractivity contribution < 1.29 is 9.59 Å². The summed E-state index contributed by atoms with van der Waals surface area (Å²) in [4.78, 5) is 26.4. The number of nitrogens with one attached hydrogen (secondary N) is 2. The van der Waals surface area contributed by atoms with Crippen LogP contribution in [0.3, 0.4) is 0 Å². The summed E-state index contributed by atoms with van der Waals surface area (Å²) in [6.45, 7) is 8.09. The maximum Gasteiger partial charge on any atom is 0.225 e. The molecular formula is C15H27N3O2. The molecule has 20 heavy (non-hydrogen) atoms. The van der Waals surface area contributed by atoms with E-state index in [9.17, 15) is 9.59 Å². The topological polar surface area (TPSA) is 61.4 Å². The molecule has 0 spiro atoms. The fourth-order valence-corrected chi connectivity index (χ4v) is 2.94. The highest BCUT2D eigenvalue weighted by Gasteiger charge is 2.34. The number of hydrogen-bond donors (Lipinski definition) is 2. The Balaban J connectivity index is 1.85. The Morgan fingerprint density at radius 3 is 2.75 bits per heavy atom. The molecule has 5 heteroatoms. The van der Waals surface area contributed by atoms with Crippen molar-refractivity contribution in [1.82, 2.24) is 15.5 Å². The van der Waals surface area contributed by atoms with Crippen LogP contribution in [0.5, 0.6) is 0 Å². The molecule has 2 aliphatic heterocycles. The van der Waals surface area contributed by atoms with Crippen LogP contribution in [0.2, 0.25) is 0 Å². The van der Waals surface area contributed by atoms with Gasteiger partial charge in [0.25, 0.3) is 0 Å². The van der Waals surface area contributed by atoms with Gasteiger partial charge in [-0.3, -0.25) is 9.59 Å². The minimum atomic E-state index is -0.0223. The van der Waals surface area contributed by atoms with Gasteiger partial charge >= 0.3 is 0 Å². The first-order valence-electron chi connectivity index (χ1n) is 7.90. The molecule has 2 N–H and O–H groups in total. The zero-order valence-corrected chi connectivity index (χ0v) is 12.7. The first kappa shape index (κ1) is 15.3. The Kier molecular flexibility index (Phi) is 5.40. The van der Waals surface area contributed by atoms with Gasteiger partial charge in [-0.1, -0.05) is 13.8 Å². The van der Waals surface area contributed by atoms with Gasteiger partial charge in [0.1, 0.15) is 0 Å². The van der Waals surface area contributed by atoms with Gasteiger partial charge in [-0.25, -0.2) is 0 Å². The maximum atomic E-state index is 12.5. The number of likely N-dealkylation sites (tertiary alicyclic amines) is 1. The molecule has 0 saturated carbocycles. The molecule has 114 valence electrons. The predicted molar refractivity (Wildman–Crippen MR) is 78.1 cm³/mol. The van der Waals surface area contributed by atoms with Crippen LogP contribution in [0, 0.1) is 17.8 Å². The Hall–Kier alpha value is -1.10. The van der Waals surface area contributed by atoms with Crippen molar-refractivity contribution in [3.63, 3.8) is 0 Å². The molecule has 2 aliphatic rings. The zero-order chi connectivity index (χ0) is 14.5. The molecule has 2 saturated heterocycles. The molecule has 0 radical (unpaired) electrons. The fraction of sp³-hybridized carbons (Fsp3) is 0.867. The molecule has 2 amide bonds. The Labute approximate surface area is 121 Å². The van der Waals surface area contributed by atoms with Crippen LogP contribution >= 0.6 is 0 Å². The van der Waals surface area contributed by atoms with Crippen molar-refractivity contribution in [1.29, 1.82) is 0 Å². The average molecular weight is 281 g/mol. The molecular weight excluding hydrogens is 254 g/mol. The third-order valence-corrected chi connectivity index (χ3v) is 4.56. The standard InChI is InChI=1S/C15H27N3O2/c1-3-6-17-14(19)12-5-4-7-18(10-12)15(20)11(2)13-8-16-9-13/h11-13,16H,3-10H2,1-2H3,(H,17,19). The second kappa shape index (κ2) is 7.07. The van der Waals surface area contributed by atoms with Gasteiger partial charge in [0.15, 0.2) is 0 Å². The summed E-state index contributed by atoms with van der Waals surface area (Å²) in [7, 11) is 0. The lowest BCUT2D eigenvalue weighted by molar-refractivity contribution is -0.140. The summed E-state index contributed by atoms with van der Waals surface area (Å²) in [5.74, 6) is 0.864. The minimum Gasteiger partial charge on any atom is -0.356 e. The Morgan fingerprint density at radius 1 is 1.40 bits per heavy atom. The van der Waals surface area contributed by atoms with Gasteiger partial charge in [0.05, 0.1) is 5.92 Å². The summed E-state index contributed by atoms with van der Waals surface area (Å²) in [6, 6.07) is 0. The van der Waals surface area contributed by atoms with Crippen LogP contribution in [-0.4, -0.2) is 49.4 Å². The minimum absolute atomic E-state index is 0.0223. The van der Waals surface area contributed by atoms with Gasteiger partial charge in [-0.15, -0.1) is 0 Å². The van der Waals surface area contributed by atoms with Crippen molar-refractivity contribution in [2.24, 2.45) is 17.8 Å². The second-order valence-corrected chi connectivity index (χ2v) is 6.12. The molecule has 2 unspecified atom stereocenters. The van der Waals surface area contributed by atoms with Crippen molar-refractivity contribution in [2.75, 3.05) is 32.7 Å². The van der Waals surface area contributed by atoms with Crippen LogP contribution in [0.25, 0.3) is 0 Å². The molecule has 2 heterocycles. The van der Waals surface area contributed by atoms with Gasteiger partial charge < -0.3 is 15.5 Å². The van der Waals surface area contributed by atoms with E-state index in [2.05, 4.69) is 10.6 Å². The second-order valence-electron chi connectivity index (χ2n) is 6.12. The molecule has 2 rings (SSSR count). The lowest BCUT2D eigenvalue weighted by atomic mass is 9.87. The smallest absolute Gasteiger partial charge is 0.225 e. The van der Waals surface area contributed by atoms with E-state index in [0.29, 0.717) is 12.5 Å². The van der Waals surface area contributed by atoms with Gasteiger partial charge in [-0.05, 0) is 38.3 Å². The molecule has 2 atom stereocenters. The van der Waals surface area contributed by atoms with Gasteiger partial charge in [0, 0.05) is 25.6 Å². The molecule has 2 fully saturated rings. The highest BCUT2D eigenvalue weighted by molar-refractivity contribution is 5.82. The predicted octanol–water partition coefficient (Wildman–Crippen LogP) is 0.607. The summed E-state index contributed by atoms with van der Waals surface area (Å²) < 4.78 is 0. The van der Waals surface area contributed by atoms with Crippen molar-refractivity contribution in [2.45, 2.75) is 33.1 Å². The third kappa shape index (κ3) is 3.51. The van der Waals surface area contributed by atoms with Crippen molar-refractivity contribution in [3.8, 4) is 0 Å². The van der Waals surface area contributed by atoms with E-state index in [4.69, 9.17) is 0 Å². The highest BCUT2D eigenvalue weighted by atomic mass is 16.2. The average Bonchev–Trinajstić information content (AvgIpc) is 2.42. The van der Waals surface area contributed by atoms with Crippen LogP contribution in [-0.2, 0) is 9.59 Å². The molecule has 0 bridgehead atoms. The molecule has 0 aromatic rings. The molecule has 5 nitrogen and oxygen atoms in total. The fourth-order valence-electron chi connectivity index (χ4n) is 2.94. The SMILES string of the molecule is CCCNC(=O)C1CCCN(C(=O)C(C)C2CNC2)C1. The largest absolute Gasteiger partial charge is 0.356 e. The quantitative estimate of drug-likeness (QED) is 0.776. The number of carbonyl (C=O) groups is 2. The first-order chi connectivity index (χ1) is 9.63. The van der Waals surface area contributed by atoms with E-state index in [0.717, 1.165) is 45.4 Å². The first-order valence-corrected chi connectivity index (χ1v) is 7.90. The number of nitrogens with zero attached hydrogens (tertiary/aromatic N) is 1. The van der Waals surface area contributed by atoms with E-state index in [1.807, 2.05) is 18.7 Å². The number of amides is 2. The molecule has 0 aliphatic carbocycles. The summed E-state index contributed by atoms with van der Waals surface area (Å²) in [6.07, 6.45) is 2.79. The van der Waals surface area contributed by atoms with E-state index < -0.39 is 0 Å². The number of hydrogen-bond acceptors (Lipinski definition) is 3. The van der Waals surface area contributed by atoms with Crippen LogP contribution < -0.4 is 10.6 Å². The Morgan fingerprint density at radius 2 is 2.15 bits per heavy atom. The summed E-state index contributed by atoms with van der Waals surface area (Å²) in [5.41, 5.74) is 0. The van der Waals surface area contributed by atoms with E-state index in [1.165, 1.54) is 0 Å². The van der Waals surface area contributed by atoms with Crippen molar-refractivity contribution >= 4 is 11.8 Å². The summed E-state index contributed by atoms with van der Waals surface area (Å²) >= 11 is 0. The molecule has 0 aromatic heterocycles. The maximum absolute atomic E-state index is 12.5. The highest BCUT2D eigenvalue weighted by Crippen LogP contribution is 2.23. The van der Waals surface area contributed by atoms with Crippen LogP contribution in [0.4, 0.5) is 0 Å². The van der Waals surface area contributed by atoms with Crippen LogP contribution in [0.1, 0.15) is 33.1 Å². The monoisotopic (exact) mass is 281 g/mol. The summed E-state index contributed by atoms with van der Waals surface area (Å²) in [5, 5.41) is 6.16. The van der Waals surface area contributed by atoms with Gasteiger partial charge in [0.2, 0.25) is 11.8 Å². The number of rotatable bonds is 5. The Bertz CT molecular complexity index is 355. The van der Waals surface area contributed by atoms with Crippen LogP contribution in [0.15, 0.2) is 0 Å². The van der Waals surface area contributed by atoms with E-state index in [1.54, 1.807) is 0 Å². The third-order valence-electron chi connectivity index (χ3n) is 4.56. The van der Waals surface area contributed by atoms with Crippen molar-refractivity contribution in [3.05, 3.63) is 0 Å². The van der Waals surface area contributed by atoms with E-state index >= 15 is 0 Å². The number of piperidine rings is 1.